The van der Waals surface area contributed by atoms with E-state index >= 15 is 0 Å². The number of rotatable bonds is 0. The van der Waals surface area contributed by atoms with Gasteiger partial charge in [-0.3, -0.25) is 0 Å². The zero-order chi connectivity index (χ0) is 22.5. The van der Waals surface area contributed by atoms with Gasteiger partial charge in [-0.05, 0) is 0 Å². The van der Waals surface area contributed by atoms with Gasteiger partial charge in [0.1, 0.15) is 0 Å². The molecule has 0 unspecified atom stereocenters. The molecule has 20 nitrogen and oxygen atoms in total. The van der Waals surface area contributed by atoms with Crippen molar-refractivity contribution in [2.75, 3.05) is 0 Å². The quantitative estimate of drug-likeness (QED) is 0.0925. The van der Waals surface area contributed by atoms with Gasteiger partial charge in [-0.25, -0.2) is 22.8 Å². The molecule has 15 N–H and O–H groups in total. The average molecular weight is 586 g/mol. The van der Waals surface area contributed by atoms with Crippen molar-refractivity contribution in [3.63, 3.8) is 0 Å². The van der Waals surface area contributed by atoms with Crippen LogP contribution in [0.5, 0.6) is 0 Å². The van der Waals surface area contributed by atoms with Crippen LogP contribution in [0.4, 0.5) is 0 Å². The summed E-state index contributed by atoms with van der Waals surface area (Å²) in [6.07, 6.45) is 0. The number of hydrogen-bond donors (Lipinski definition) is 15. The van der Waals surface area contributed by atoms with E-state index in [0.29, 0.717) is 0 Å². The van der Waals surface area contributed by atoms with Crippen molar-refractivity contribution >= 4 is 39.1 Å². The minimum absolute atomic E-state index is 0. The van der Waals surface area contributed by atoms with E-state index < -0.39 is 39.1 Å². The van der Waals surface area contributed by atoms with Gasteiger partial charge < -0.3 is 79.1 Å². The SMILES string of the molecule is O=P(O)(O)O.O=P(O)(O)O.O=P(O)(O)O.O=P(O)(O)O.O=P(O)(O)O.[H-].[H-].[H-].[H-].[Na+].[Na+].[Na+].[Na+]. The first kappa shape index (κ1) is 59.0. The maximum atomic E-state index is 8.88. The van der Waals surface area contributed by atoms with Crippen LogP contribution < -0.4 is 118 Å². The van der Waals surface area contributed by atoms with E-state index in [4.69, 9.17) is 96.2 Å². The Hall–Kier alpha value is 4.55. The molecule has 0 spiro atoms. The molecule has 0 atom stereocenters. The second-order valence-corrected chi connectivity index (χ2v) is 7.70. The van der Waals surface area contributed by atoms with Crippen LogP contribution in [0.1, 0.15) is 5.71 Å². The Balaban J connectivity index is -0.0000000130. The summed E-state index contributed by atoms with van der Waals surface area (Å²) in [5.41, 5.74) is 0. The largest absolute Gasteiger partial charge is 1.00 e. The van der Waals surface area contributed by atoms with Crippen LogP contribution >= 0.6 is 39.1 Å². The monoisotopic (exact) mass is 586 g/mol. The third-order valence-corrected chi connectivity index (χ3v) is 0. The summed E-state index contributed by atoms with van der Waals surface area (Å²) in [5, 5.41) is 0. The second-order valence-electron chi connectivity index (χ2n) is 2.57. The molecule has 0 aromatic heterocycles. The Morgan fingerprint density at radius 3 is 0.276 bits per heavy atom. The molecule has 168 valence electrons. The Morgan fingerprint density at radius 1 is 0.276 bits per heavy atom. The van der Waals surface area contributed by atoms with Gasteiger partial charge >= 0.3 is 157 Å². The summed E-state index contributed by atoms with van der Waals surface area (Å²) in [5.74, 6) is 0. The van der Waals surface area contributed by atoms with Crippen LogP contribution in [0, 0.1) is 0 Å². The molecule has 0 rings (SSSR count). The summed E-state index contributed by atoms with van der Waals surface area (Å²) >= 11 is 0. The van der Waals surface area contributed by atoms with Crippen molar-refractivity contribution in [1.29, 1.82) is 0 Å². The van der Waals surface area contributed by atoms with Gasteiger partial charge in [0.2, 0.25) is 0 Å². The minimum atomic E-state index is -4.64. The van der Waals surface area contributed by atoms with E-state index in [2.05, 4.69) is 0 Å². The van der Waals surface area contributed by atoms with Crippen LogP contribution in [0.25, 0.3) is 0 Å². The number of phosphoric acid groups is 5. The van der Waals surface area contributed by atoms with Crippen LogP contribution in [-0.2, 0) is 22.8 Å². The first-order valence-electron chi connectivity index (χ1n) is 3.91. The van der Waals surface area contributed by atoms with Gasteiger partial charge in [0.05, 0.1) is 0 Å². The second kappa shape index (κ2) is 27.1. The molecule has 0 aromatic carbocycles. The summed E-state index contributed by atoms with van der Waals surface area (Å²) in [6, 6.07) is 0. The van der Waals surface area contributed by atoms with Crippen molar-refractivity contribution in [2.24, 2.45) is 0 Å². The van der Waals surface area contributed by atoms with Crippen LogP contribution in [-0.4, -0.2) is 73.4 Å². The maximum Gasteiger partial charge on any atom is 1.00 e. The Bertz CT molecular complexity index is 399. The van der Waals surface area contributed by atoms with E-state index in [1.54, 1.807) is 0 Å². The summed E-state index contributed by atoms with van der Waals surface area (Å²) in [4.78, 5) is 108. The van der Waals surface area contributed by atoms with E-state index in [0.717, 1.165) is 0 Å². The molecule has 0 saturated carbocycles. The number of hydrogen-bond acceptors (Lipinski definition) is 5. The molecule has 0 aliphatic heterocycles. The molecule has 0 aromatic rings. The Labute approximate surface area is 256 Å². The molecular weight excluding hydrogens is 567 g/mol. The first-order valence-corrected chi connectivity index (χ1v) is 11.7. The fourth-order valence-electron chi connectivity index (χ4n) is 0. The van der Waals surface area contributed by atoms with Crippen molar-refractivity contribution in [1.82, 2.24) is 0 Å². The van der Waals surface area contributed by atoms with E-state index in [9.17, 15) is 0 Å². The van der Waals surface area contributed by atoms with Gasteiger partial charge in [-0.2, -0.15) is 0 Å². The van der Waals surface area contributed by atoms with Gasteiger partial charge in [0.25, 0.3) is 0 Å². The molecule has 29 heavy (non-hydrogen) atoms. The summed E-state index contributed by atoms with van der Waals surface area (Å²) < 4.78 is 44.4. The smallest absolute Gasteiger partial charge is 1.00 e. The van der Waals surface area contributed by atoms with Crippen LogP contribution in [0.3, 0.4) is 0 Å². The van der Waals surface area contributed by atoms with E-state index in [1.807, 2.05) is 0 Å². The van der Waals surface area contributed by atoms with Crippen molar-refractivity contribution in [3.05, 3.63) is 0 Å². The zero-order valence-electron chi connectivity index (χ0n) is 19.0. The summed E-state index contributed by atoms with van der Waals surface area (Å²) in [7, 11) is -23.2. The predicted molar refractivity (Wildman–Crippen MR) is 75.8 cm³/mol. The van der Waals surface area contributed by atoms with Gasteiger partial charge in [0.15, 0.2) is 0 Å². The maximum absolute atomic E-state index is 8.88. The van der Waals surface area contributed by atoms with Gasteiger partial charge in [-0.1, -0.05) is 0 Å². The van der Waals surface area contributed by atoms with Crippen molar-refractivity contribution in [2.45, 2.75) is 0 Å². The average Bonchev–Trinajstić information content (AvgIpc) is 1.79. The van der Waals surface area contributed by atoms with Crippen molar-refractivity contribution < 1.29 is 220 Å². The molecule has 0 radical (unpaired) electrons. The zero-order valence-corrected chi connectivity index (χ0v) is 27.5. The molecule has 0 saturated heterocycles. The molecular formula is H19Na4O20P5. The molecule has 0 aliphatic carbocycles. The van der Waals surface area contributed by atoms with Crippen LogP contribution in [0.15, 0.2) is 0 Å². The van der Waals surface area contributed by atoms with Crippen molar-refractivity contribution in [3.8, 4) is 0 Å². The third kappa shape index (κ3) is 1470. The fourth-order valence-corrected chi connectivity index (χ4v) is 0. The Morgan fingerprint density at radius 2 is 0.276 bits per heavy atom. The molecule has 29 heteroatoms. The van der Waals surface area contributed by atoms with E-state index in [1.165, 1.54) is 0 Å². The van der Waals surface area contributed by atoms with Gasteiger partial charge in [0, 0.05) is 0 Å². The normalized spacial score (nSPS) is 10.2. The molecule has 0 amide bonds. The van der Waals surface area contributed by atoms with Gasteiger partial charge in [-0.15, -0.1) is 0 Å². The molecule has 0 bridgehead atoms. The molecule has 0 fully saturated rings. The Kier molecular flexibility index (Phi) is 55.2. The van der Waals surface area contributed by atoms with E-state index in [-0.39, 0.29) is 124 Å². The molecule has 0 heterocycles. The first-order chi connectivity index (χ1) is 10.0. The topological polar surface area (TPSA) is 389 Å². The minimum Gasteiger partial charge on any atom is -1.00 e. The summed E-state index contributed by atoms with van der Waals surface area (Å²) in [6.45, 7) is 0. The third-order valence-electron chi connectivity index (χ3n) is 0. The standard InChI is InChI=1S/4Na.5H3O4P.4H/c;;;;5*1-5(2,3)4;;;;/h;;;;5*(H3,1,2,3,4);;;;/q4*+1;;;;;;4*-1. The molecule has 0 aliphatic rings. The fraction of sp³-hybridized carbons (Fsp3) is 0. The predicted octanol–water partition coefficient (Wildman–Crippen LogP) is -16.2. The van der Waals surface area contributed by atoms with Crippen LogP contribution in [0.2, 0.25) is 0 Å².